The largest absolute Gasteiger partial charge is 0.342 e. The van der Waals surface area contributed by atoms with Gasteiger partial charge in [-0.05, 0) is 17.9 Å². The summed E-state index contributed by atoms with van der Waals surface area (Å²) in [4.78, 5) is 18.2. The molecule has 0 unspecified atom stereocenters. The molecule has 2 aromatic rings. The summed E-state index contributed by atoms with van der Waals surface area (Å²) in [6.45, 7) is 1.83. The zero-order chi connectivity index (χ0) is 11.7. The Balaban J connectivity index is 1.70. The monoisotopic (exact) mass is 264 g/mol. The first-order chi connectivity index (χ1) is 8.33. The maximum Gasteiger partial charge on any atom is 0.228 e. The van der Waals surface area contributed by atoms with Crippen molar-refractivity contribution in [2.75, 3.05) is 13.1 Å². The quantitative estimate of drug-likeness (QED) is 0.854. The molecule has 0 bridgehead atoms. The van der Waals surface area contributed by atoms with Crippen LogP contribution in [0.15, 0.2) is 22.2 Å². The molecular weight excluding hydrogens is 252 g/mol. The number of amides is 1. The van der Waals surface area contributed by atoms with Crippen molar-refractivity contribution in [1.29, 1.82) is 0 Å². The molecule has 0 spiro atoms. The highest BCUT2D eigenvalue weighted by atomic mass is 32.1. The summed E-state index contributed by atoms with van der Waals surface area (Å²) in [7, 11) is 0. The van der Waals surface area contributed by atoms with Crippen LogP contribution in [0.1, 0.15) is 12.1 Å². The van der Waals surface area contributed by atoms with E-state index in [4.69, 9.17) is 0 Å². The Labute approximate surface area is 108 Å². The second-order valence-corrected chi connectivity index (χ2v) is 5.71. The first kappa shape index (κ1) is 10.9. The third-order valence-electron chi connectivity index (χ3n) is 2.86. The number of carbonyl (C=O) groups is 1. The van der Waals surface area contributed by atoms with Crippen LogP contribution >= 0.6 is 22.7 Å². The standard InChI is InChI=1S/C12H12N2OS2/c15-11(14-3-1-4-14)6-10-8-17-12(13-10)9-2-5-16-7-9/h2,5,7-8H,1,3-4,6H2. The molecule has 3 heterocycles. The molecule has 3 nitrogen and oxygen atoms in total. The Bertz CT molecular complexity index is 514. The summed E-state index contributed by atoms with van der Waals surface area (Å²) in [6.07, 6.45) is 1.59. The molecule has 0 aliphatic carbocycles. The average Bonchev–Trinajstić information content (AvgIpc) is 2.82. The van der Waals surface area contributed by atoms with Gasteiger partial charge in [0.1, 0.15) is 5.01 Å². The molecule has 1 aliphatic rings. The third-order valence-corrected chi connectivity index (χ3v) is 4.48. The fourth-order valence-corrected chi connectivity index (χ4v) is 3.27. The van der Waals surface area contributed by atoms with E-state index in [1.165, 1.54) is 0 Å². The van der Waals surface area contributed by atoms with Gasteiger partial charge in [0.25, 0.3) is 0 Å². The van der Waals surface area contributed by atoms with Gasteiger partial charge in [0.15, 0.2) is 0 Å². The molecular formula is C12H12N2OS2. The van der Waals surface area contributed by atoms with Gasteiger partial charge in [0, 0.05) is 29.4 Å². The molecule has 0 radical (unpaired) electrons. The van der Waals surface area contributed by atoms with Crippen molar-refractivity contribution in [2.45, 2.75) is 12.8 Å². The Morgan fingerprint density at radius 2 is 2.29 bits per heavy atom. The van der Waals surface area contributed by atoms with Crippen LogP contribution < -0.4 is 0 Å². The van der Waals surface area contributed by atoms with Crippen LogP contribution in [0, 0.1) is 0 Å². The van der Waals surface area contributed by atoms with Gasteiger partial charge in [0.05, 0.1) is 12.1 Å². The van der Waals surface area contributed by atoms with Gasteiger partial charge in [-0.15, -0.1) is 11.3 Å². The summed E-state index contributed by atoms with van der Waals surface area (Å²) < 4.78 is 0. The number of thiazole rings is 1. The summed E-state index contributed by atoms with van der Waals surface area (Å²) >= 11 is 3.28. The van der Waals surface area contributed by atoms with Crippen LogP contribution in [0.2, 0.25) is 0 Å². The minimum absolute atomic E-state index is 0.207. The SMILES string of the molecule is O=C(Cc1csc(-c2ccsc2)n1)N1CCC1. The van der Waals surface area contributed by atoms with Crippen LogP contribution in [0.3, 0.4) is 0 Å². The first-order valence-electron chi connectivity index (χ1n) is 5.58. The highest BCUT2D eigenvalue weighted by molar-refractivity contribution is 7.14. The highest BCUT2D eigenvalue weighted by Crippen LogP contribution is 2.26. The molecule has 2 aromatic heterocycles. The van der Waals surface area contributed by atoms with E-state index in [0.29, 0.717) is 6.42 Å². The van der Waals surface area contributed by atoms with Gasteiger partial charge >= 0.3 is 0 Å². The number of likely N-dealkylation sites (tertiary alicyclic amines) is 1. The van der Waals surface area contributed by atoms with Gasteiger partial charge in [-0.3, -0.25) is 4.79 Å². The van der Waals surface area contributed by atoms with Gasteiger partial charge in [0.2, 0.25) is 5.91 Å². The molecule has 0 N–H and O–H groups in total. The van der Waals surface area contributed by atoms with Crippen molar-refractivity contribution in [3.05, 3.63) is 27.9 Å². The van der Waals surface area contributed by atoms with Crippen LogP contribution in [0.5, 0.6) is 0 Å². The van der Waals surface area contributed by atoms with Gasteiger partial charge in [-0.25, -0.2) is 4.98 Å². The molecule has 17 heavy (non-hydrogen) atoms. The zero-order valence-electron chi connectivity index (χ0n) is 9.26. The summed E-state index contributed by atoms with van der Waals surface area (Å²) in [5, 5.41) is 7.13. The van der Waals surface area contributed by atoms with Crippen molar-refractivity contribution >= 4 is 28.6 Å². The second-order valence-electron chi connectivity index (χ2n) is 4.07. The normalized spacial score (nSPS) is 14.7. The number of aromatic nitrogens is 1. The molecule has 1 fully saturated rings. The van der Waals surface area contributed by atoms with E-state index in [2.05, 4.69) is 16.4 Å². The van der Waals surface area contributed by atoms with Crippen LogP contribution in [0.25, 0.3) is 10.6 Å². The number of carbonyl (C=O) groups excluding carboxylic acids is 1. The highest BCUT2D eigenvalue weighted by Gasteiger charge is 2.21. The number of thiophene rings is 1. The maximum absolute atomic E-state index is 11.8. The van der Waals surface area contributed by atoms with Gasteiger partial charge < -0.3 is 4.90 Å². The lowest BCUT2D eigenvalue weighted by Gasteiger charge is -2.30. The van der Waals surface area contributed by atoms with E-state index >= 15 is 0 Å². The van der Waals surface area contributed by atoms with E-state index in [0.717, 1.165) is 35.8 Å². The Morgan fingerprint density at radius 3 is 2.94 bits per heavy atom. The van der Waals surface area contributed by atoms with E-state index in [1.54, 1.807) is 22.7 Å². The van der Waals surface area contributed by atoms with Crippen molar-refractivity contribution in [1.82, 2.24) is 9.88 Å². The first-order valence-corrected chi connectivity index (χ1v) is 7.40. The maximum atomic E-state index is 11.8. The molecule has 0 aromatic carbocycles. The summed E-state index contributed by atoms with van der Waals surface area (Å²) in [6, 6.07) is 2.06. The zero-order valence-corrected chi connectivity index (χ0v) is 10.9. The van der Waals surface area contributed by atoms with E-state index < -0.39 is 0 Å². The van der Waals surface area contributed by atoms with Crippen LogP contribution in [0.4, 0.5) is 0 Å². The number of nitrogens with zero attached hydrogens (tertiary/aromatic N) is 2. The van der Waals surface area contributed by atoms with E-state index in [9.17, 15) is 4.79 Å². The smallest absolute Gasteiger partial charge is 0.228 e. The van der Waals surface area contributed by atoms with Gasteiger partial charge in [-0.2, -0.15) is 11.3 Å². The molecule has 1 amide bonds. The van der Waals surface area contributed by atoms with E-state index in [-0.39, 0.29) is 5.91 Å². The molecule has 0 atom stereocenters. The third kappa shape index (κ3) is 2.25. The van der Waals surface area contributed by atoms with Crippen molar-refractivity contribution < 1.29 is 4.79 Å². The van der Waals surface area contributed by atoms with Crippen molar-refractivity contribution in [3.63, 3.8) is 0 Å². The van der Waals surface area contributed by atoms with Crippen molar-refractivity contribution in [2.24, 2.45) is 0 Å². The minimum Gasteiger partial charge on any atom is -0.342 e. The lowest BCUT2D eigenvalue weighted by molar-refractivity contribution is -0.133. The number of rotatable bonds is 3. The number of hydrogen-bond acceptors (Lipinski definition) is 4. The molecule has 1 saturated heterocycles. The molecule has 0 saturated carbocycles. The fourth-order valence-electron chi connectivity index (χ4n) is 1.74. The lowest BCUT2D eigenvalue weighted by atomic mass is 10.2. The van der Waals surface area contributed by atoms with Crippen LogP contribution in [-0.4, -0.2) is 28.9 Å². The Kier molecular flexibility index (Phi) is 2.94. The molecule has 88 valence electrons. The predicted molar refractivity (Wildman–Crippen MR) is 70.3 cm³/mol. The van der Waals surface area contributed by atoms with Crippen LogP contribution in [-0.2, 0) is 11.2 Å². The molecule has 1 aliphatic heterocycles. The minimum atomic E-state index is 0.207. The molecule has 5 heteroatoms. The van der Waals surface area contributed by atoms with Crippen molar-refractivity contribution in [3.8, 4) is 10.6 Å². The Hall–Kier alpha value is -1.20. The fraction of sp³-hybridized carbons (Fsp3) is 0.333. The lowest BCUT2D eigenvalue weighted by Crippen LogP contribution is -2.42. The average molecular weight is 264 g/mol. The number of hydrogen-bond donors (Lipinski definition) is 0. The Morgan fingerprint density at radius 1 is 1.41 bits per heavy atom. The topological polar surface area (TPSA) is 33.2 Å². The van der Waals surface area contributed by atoms with Gasteiger partial charge in [-0.1, -0.05) is 0 Å². The molecule has 3 rings (SSSR count). The predicted octanol–water partition coefficient (Wildman–Crippen LogP) is 2.65. The summed E-state index contributed by atoms with van der Waals surface area (Å²) in [5.41, 5.74) is 2.05. The second kappa shape index (κ2) is 4.58. The summed E-state index contributed by atoms with van der Waals surface area (Å²) in [5.74, 6) is 0.207. The van der Waals surface area contributed by atoms with E-state index in [1.807, 2.05) is 15.7 Å².